The molecule has 1 saturated carbocycles. The van der Waals surface area contributed by atoms with Gasteiger partial charge in [-0.3, -0.25) is 0 Å². The number of hydrogen-bond donors (Lipinski definition) is 1. The molecule has 1 aliphatic carbocycles. The van der Waals surface area contributed by atoms with Gasteiger partial charge in [-0.1, -0.05) is 18.6 Å². The van der Waals surface area contributed by atoms with E-state index in [9.17, 15) is 0 Å². The van der Waals surface area contributed by atoms with Crippen molar-refractivity contribution in [3.63, 3.8) is 0 Å². The van der Waals surface area contributed by atoms with E-state index in [1.165, 1.54) is 50.4 Å². The quantitative estimate of drug-likeness (QED) is 0.704. The van der Waals surface area contributed by atoms with E-state index in [-0.39, 0.29) is 0 Å². The van der Waals surface area contributed by atoms with Gasteiger partial charge in [0.25, 0.3) is 0 Å². The molecule has 0 unspecified atom stereocenters. The highest BCUT2D eigenvalue weighted by molar-refractivity contribution is 5.36. The van der Waals surface area contributed by atoms with Crippen LogP contribution in [0, 0.1) is 31.6 Å². The lowest BCUT2D eigenvalue weighted by atomic mass is 10.1. The summed E-state index contributed by atoms with van der Waals surface area (Å²) in [5.41, 5.74) is 1.29. The lowest BCUT2D eigenvalue weighted by Gasteiger charge is -2.26. The fourth-order valence-corrected chi connectivity index (χ4v) is 3.25. The average molecular weight is 325 g/mol. The Morgan fingerprint density at radius 2 is 1.67 bits per heavy atom. The smallest absolute Gasteiger partial charge is 0.119 e. The molecule has 5 radical (unpaired) electrons. The van der Waals surface area contributed by atoms with E-state index in [1.807, 2.05) is 0 Å². The van der Waals surface area contributed by atoms with Gasteiger partial charge < -0.3 is 15.0 Å². The van der Waals surface area contributed by atoms with E-state index in [0.29, 0.717) is 0 Å². The van der Waals surface area contributed by atoms with Crippen molar-refractivity contribution in [2.45, 2.75) is 32.2 Å². The first-order valence-electron chi connectivity index (χ1n) is 9.25. The van der Waals surface area contributed by atoms with Gasteiger partial charge in [0.2, 0.25) is 0 Å². The molecular weight excluding hydrogens is 296 g/mol. The van der Waals surface area contributed by atoms with Gasteiger partial charge in [0, 0.05) is 19.6 Å². The molecule has 2 fully saturated rings. The molecule has 3 heteroatoms. The summed E-state index contributed by atoms with van der Waals surface area (Å²) in [6.07, 6.45) is 13.7. The molecule has 1 heterocycles. The zero-order chi connectivity index (χ0) is 16.5. The summed E-state index contributed by atoms with van der Waals surface area (Å²) in [7, 11) is 0. The largest absolute Gasteiger partial charge is 0.494 e. The van der Waals surface area contributed by atoms with Gasteiger partial charge in [0.05, 0.1) is 6.61 Å². The summed E-state index contributed by atoms with van der Waals surface area (Å²) in [4.78, 5) is 2.56. The molecule has 0 aromatic heterocycles. The summed E-state index contributed by atoms with van der Waals surface area (Å²) < 4.78 is 5.87. The van der Waals surface area contributed by atoms with E-state index in [2.05, 4.69) is 60.2 Å². The van der Waals surface area contributed by atoms with Gasteiger partial charge in [-0.15, -0.1) is 0 Å². The molecule has 0 spiro atoms. The number of piperidine rings is 1. The van der Waals surface area contributed by atoms with Crippen LogP contribution in [0.3, 0.4) is 0 Å². The first kappa shape index (κ1) is 17.8. The molecule has 2 aliphatic rings. The van der Waals surface area contributed by atoms with Gasteiger partial charge in [-0.25, -0.2) is 0 Å². The van der Waals surface area contributed by atoms with Crippen molar-refractivity contribution in [2.75, 3.05) is 32.8 Å². The lowest BCUT2D eigenvalue weighted by Crippen LogP contribution is -2.31. The predicted octanol–water partition coefficient (Wildman–Crippen LogP) is 3.44. The summed E-state index contributed by atoms with van der Waals surface area (Å²) in [5, 5.41) is 3.47. The predicted molar refractivity (Wildman–Crippen MR) is 99.0 cm³/mol. The number of ether oxygens (including phenoxy) is 1. The Bertz CT molecular complexity index is 447. The SMILES string of the molecule is [CH]1[CH][CH][C](CNCc2ccc(OCCCN3CCCCC3)cc2)[CH]1. The van der Waals surface area contributed by atoms with Crippen LogP contribution in [0.5, 0.6) is 5.75 Å². The third-order valence-corrected chi connectivity index (χ3v) is 4.65. The number of hydrogen-bond acceptors (Lipinski definition) is 3. The maximum atomic E-state index is 5.87. The van der Waals surface area contributed by atoms with Gasteiger partial charge in [-0.2, -0.15) is 0 Å². The maximum absolute atomic E-state index is 5.87. The van der Waals surface area contributed by atoms with Crippen LogP contribution in [-0.2, 0) is 6.54 Å². The first-order valence-corrected chi connectivity index (χ1v) is 9.25. The van der Waals surface area contributed by atoms with Crippen molar-refractivity contribution in [3.05, 3.63) is 61.4 Å². The number of nitrogens with one attached hydrogen (secondary N) is 1. The second-order valence-corrected chi connectivity index (χ2v) is 6.64. The average Bonchev–Trinajstić information content (AvgIpc) is 3.14. The monoisotopic (exact) mass is 325 g/mol. The minimum atomic E-state index is 0.811. The summed E-state index contributed by atoms with van der Waals surface area (Å²) in [5.74, 6) is 2.32. The highest BCUT2D eigenvalue weighted by atomic mass is 16.5. The highest BCUT2D eigenvalue weighted by Gasteiger charge is 2.15. The molecule has 0 amide bonds. The summed E-state index contributed by atoms with van der Waals surface area (Å²) in [6, 6.07) is 8.47. The molecule has 129 valence electrons. The molecule has 1 aliphatic heterocycles. The maximum Gasteiger partial charge on any atom is 0.119 e. The van der Waals surface area contributed by atoms with E-state index in [0.717, 1.165) is 31.9 Å². The van der Waals surface area contributed by atoms with Crippen LogP contribution >= 0.6 is 0 Å². The Hall–Kier alpha value is -1.06. The Kier molecular flexibility index (Phi) is 7.43. The van der Waals surface area contributed by atoms with Crippen LogP contribution in [0.15, 0.2) is 24.3 Å². The molecule has 0 bridgehead atoms. The Balaban J connectivity index is 1.27. The molecule has 24 heavy (non-hydrogen) atoms. The fourth-order valence-electron chi connectivity index (χ4n) is 3.25. The van der Waals surface area contributed by atoms with Gasteiger partial charge in [0.1, 0.15) is 5.75 Å². The topological polar surface area (TPSA) is 24.5 Å². The summed E-state index contributed by atoms with van der Waals surface area (Å²) >= 11 is 0. The van der Waals surface area contributed by atoms with Crippen molar-refractivity contribution in [1.29, 1.82) is 0 Å². The van der Waals surface area contributed by atoms with Crippen LogP contribution in [0.4, 0.5) is 0 Å². The van der Waals surface area contributed by atoms with Crippen LogP contribution in [0.1, 0.15) is 31.2 Å². The second kappa shape index (κ2) is 10.0. The zero-order valence-electron chi connectivity index (χ0n) is 14.5. The van der Waals surface area contributed by atoms with Crippen LogP contribution in [0.2, 0.25) is 0 Å². The summed E-state index contributed by atoms with van der Waals surface area (Å²) in [6.45, 7) is 6.33. The molecule has 1 aromatic carbocycles. The fraction of sp³-hybridized carbons (Fsp3) is 0.476. The molecule has 1 N–H and O–H groups in total. The first-order chi connectivity index (χ1) is 11.9. The Morgan fingerprint density at radius 3 is 2.42 bits per heavy atom. The van der Waals surface area contributed by atoms with E-state index in [1.54, 1.807) is 0 Å². The lowest BCUT2D eigenvalue weighted by molar-refractivity contribution is 0.205. The van der Waals surface area contributed by atoms with Crippen molar-refractivity contribution in [3.8, 4) is 5.75 Å². The third-order valence-electron chi connectivity index (χ3n) is 4.65. The minimum absolute atomic E-state index is 0.811. The van der Waals surface area contributed by atoms with Crippen molar-refractivity contribution in [1.82, 2.24) is 10.2 Å². The standard InChI is InChI=1S/C21H29N2O/c1-4-13-23(14-5-1)15-6-16-24-21-11-9-20(10-12-21)18-22-17-19-7-2-3-8-19/h2-3,7-12,22H,1,4-6,13-18H2. The van der Waals surface area contributed by atoms with Crippen LogP contribution in [-0.4, -0.2) is 37.7 Å². The normalized spacial score (nSPS) is 19.7. The molecule has 1 saturated heterocycles. The Morgan fingerprint density at radius 1 is 0.917 bits per heavy atom. The Labute approximate surface area is 147 Å². The van der Waals surface area contributed by atoms with Crippen LogP contribution < -0.4 is 10.1 Å². The van der Waals surface area contributed by atoms with Crippen molar-refractivity contribution >= 4 is 0 Å². The molecule has 3 nitrogen and oxygen atoms in total. The van der Waals surface area contributed by atoms with Crippen molar-refractivity contribution in [2.24, 2.45) is 0 Å². The van der Waals surface area contributed by atoms with Gasteiger partial charge in [-0.05, 0) is 81.6 Å². The van der Waals surface area contributed by atoms with Gasteiger partial charge >= 0.3 is 0 Å². The molecule has 1 aromatic rings. The number of nitrogens with zero attached hydrogens (tertiary/aromatic N) is 1. The van der Waals surface area contributed by atoms with E-state index in [4.69, 9.17) is 4.74 Å². The van der Waals surface area contributed by atoms with E-state index >= 15 is 0 Å². The molecular formula is C21H29N2O. The minimum Gasteiger partial charge on any atom is -0.494 e. The zero-order valence-corrected chi connectivity index (χ0v) is 14.5. The third kappa shape index (κ3) is 6.10. The molecule has 3 rings (SSSR count). The van der Waals surface area contributed by atoms with E-state index < -0.39 is 0 Å². The number of benzene rings is 1. The highest BCUT2D eigenvalue weighted by Crippen LogP contribution is 2.22. The van der Waals surface area contributed by atoms with Crippen LogP contribution in [0.25, 0.3) is 0 Å². The van der Waals surface area contributed by atoms with Crippen molar-refractivity contribution < 1.29 is 4.74 Å². The molecule has 0 atom stereocenters. The second-order valence-electron chi connectivity index (χ2n) is 6.64. The number of likely N-dealkylation sites (tertiary alicyclic amines) is 1. The van der Waals surface area contributed by atoms with Gasteiger partial charge in [0.15, 0.2) is 0 Å². The number of rotatable bonds is 9.